The second kappa shape index (κ2) is 4.47. The van der Waals surface area contributed by atoms with Crippen molar-refractivity contribution in [3.05, 3.63) is 53.6 Å². The van der Waals surface area contributed by atoms with Crippen LogP contribution >= 0.6 is 0 Å². The monoisotopic (exact) mass is 257 g/mol. The van der Waals surface area contributed by atoms with Gasteiger partial charge in [0, 0.05) is 31.4 Å². The molecule has 0 spiro atoms. The third kappa shape index (κ3) is 1.79. The van der Waals surface area contributed by atoms with Gasteiger partial charge in [0.05, 0.1) is 0 Å². The average Bonchev–Trinajstić information content (AvgIpc) is 2.96. The molecule has 0 amide bonds. The summed E-state index contributed by atoms with van der Waals surface area (Å²) >= 11 is 0. The summed E-state index contributed by atoms with van der Waals surface area (Å²) in [6.45, 7) is 2.97. The first-order valence-electron chi connectivity index (χ1n) is 6.76. The van der Waals surface area contributed by atoms with Crippen LogP contribution in [0.15, 0.2) is 36.7 Å². The molecule has 2 atom stereocenters. The molecule has 1 aromatic heterocycles. The predicted octanol–water partition coefficient (Wildman–Crippen LogP) is 1.93. The maximum absolute atomic E-state index is 11.1. The third-order valence-electron chi connectivity index (χ3n) is 3.87. The van der Waals surface area contributed by atoms with Crippen molar-refractivity contribution in [2.75, 3.05) is 0 Å². The molecule has 1 aromatic carbocycles. The van der Waals surface area contributed by atoms with Gasteiger partial charge in [0.1, 0.15) is 11.4 Å². The number of aliphatic hydroxyl groups is 1. The number of benzene rings is 1. The molecule has 1 aliphatic carbocycles. The minimum Gasteiger partial charge on any atom is -0.377 e. The zero-order valence-electron chi connectivity index (χ0n) is 11.1. The van der Waals surface area contributed by atoms with E-state index in [4.69, 9.17) is 5.73 Å². The lowest BCUT2D eigenvalue weighted by Gasteiger charge is -2.24. The minimum absolute atomic E-state index is 0.132. The van der Waals surface area contributed by atoms with Gasteiger partial charge in [-0.3, -0.25) is 0 Å². The molecule has 0 saturated carbocycles. The number of aryl methyl sites for hydroxylation is 1. The Labute approximate surface area is 112 Å². The predicted molar refractivity (Wildman–Crippen MR) is 73.5 cm³/mol. The topological polar surface area (TPSA) is 64.1 Å². The van der Waals surface area contributed by atoms with Crippen molar-refractivity contribution >= 4 is 0 Å². The fourth-order valence-corrected chi connectivity index (χ4v) is 3.04. The normalized spacial score (nSPS) is 25.5. The Morgan fingerprint density at radius 2 is 2.26 bits per heavy atom. The molecule has 1 aliphatic rings. The number of imidazole rings is 1. The summed E-state index contributed by atoms with van der Waals surface area (Å²) in [6.07, 6.45) is 5.17. The minimum atomic E-state index is -1.06. The van der Waals surface area contributed by atoms with Crippen molar-refractivity contribution in [3.63, 3.8) is 0 Å². The van der Waals surface area contributed by atoms with Crippen LogP contribution in [-0.4, -0.2) is 14.7 Å². The van der Waals surface area contributed by atoms with Crippen LogP contribution in [0, 0.1) is 0 Å². The Morgan fingerprint density at radius 1 is 1.47 bits per heavy atom. The third-order valence-corrected chi connectivity index (χ3v) is 3.87. The first kappa shape index (κ1) is 12.4. The van der Waals surface area contributed by atoms with Crippen LogP contribution in [0.1, 0.15) is 42.8 Å². The van der Waals surface area contributed by atoms with E-state index in [9.17, 15) is 5.11 Å². The summed E-state index contributed by atoms with van der Waals surface area (Å²) in [7, 11) is 0. The van der Waals surface area contributed by atoms with Gasteiger partial charge in [-0.2, -0.15) is 0 Å². The molecule has 0 fully saturated rings. The molecule has 2 aromatic rings. The van der Waals surface area contributed by atoms with E-state index in [1.807, 2.05) is 35.0 Å². The Bertz CT molecular complexity index is 593. The SMILES string of the molecule is CCCn1ccnc1C1(O)CC(N)c2ccccc21. The number of fused-ring (bicyclic) bond motifs is 1. The molecule has 4 heteroatoms. The summed E-state index contributed by atoms with van der Waals surface area (Å²) < 4.78 is 2.02. The number of rotatable bonds is 3. The van der Waals surface area contributed by atoms with Gasteiger partial charge in [-0.1, -0.05) is 31.2 Å². The summed E-state index contributed by atoms with van der Waals surface area (Å²) in [5.74, 6) is 0.703. The van der Waals surface area contributed by atoms with Crippen LogP contribution in [0.25, 0.3) is 0 Å². The van der Waals surface area contributed by atoms with Crippen molar-refractivity contribution < 1.29 is 5.11 Å². The van der Waals surface area contributed by atoms with E-state index in [0.717, 1.165) is 24.1 Å². The Kier molecular flexibility index (Phi) is 2.92. The van der Waals surface area contributed by atoms with Gasteiger partial charge < -0.3 is 15.4 Å². The highest BCUT2D eigenvalue weighted by Crippen LogP contribution is 2.45. The lowest BCUT2D eigenvalue weighted by molar-refractivity contribution is 0.0641. The van der Waals surface area contributed by atoms with Gasteiger partial charge in [0.15, 0.2) is 0 Å². The van der Waals surface area contributed by atoms with Crippen LogP contribution in [-0.2, 0) is 12.1 Å². The van der Waals surface area contributed by atoms with Gasteiger partial charge in [-0.05, 0) is 17.5 Å². The van der Waals surface area contributed by atoms with Crippen molar-refractivity contribution in [1.82, 2.24) is 9.55 Å². The van der Waals surface area contributed by atoms with Gasteiger partial charge in [-0.25, -0.2) is 4.98 Å². The van der Waals surface area contributed by atoms with E-state index in [0.29, 0.717) is 12.2 Å². The number of aromatic nitrogens is 2. The summed E-state index contributed by atoms with van der Waals surface area (Å²) in [5, 5.41) is 11.1. The number of hydrogen-bond acceptors (Lipinski definition) is 3. The van der Waals surface area contributed by atoms with Crippen LogP contribution in [0.4, 0.5) is 0 Å². The van der Waals surface area contributed by atoms with Gasteiger partial charge in [0.2, 0.25) is 0 Å². The highest BCUT2D eigenvalue weighted by molar-refractivity contribution is 5.44. The van der Waals surface area contributed by atoms with Gasteiger partial charge in [0.25, 0.3) is 0 Å². The molecule has 100 valence electrons. The fraction of sp³-hybridized carbons (Fsp3) is 0.400. The van der Waals surface area contributed by atoms with Gasteiger partial charge >= 0.3 is 0 Å². The Balaban J connectivity index is 2.12. The molecule has 3 rings (SSSR count). The molecule has 4 nitrogen and oxygen atoms in total. The molecule has 0 aliphatic heterocycles. The van der Waals surface area contributed by atoms with Crippen molar-refractivity contribution in [2.45, 2.75) is 38.0 Å². The van der Waals surface area contributed by atoms with E-state index in [1.54, 1.807) is 6.20 Å². The largest absolute Gasteiger partial charge is 0.377 e. The summed E-state index contributed by atoms with van der Waals surface area (Å²) in [4.78, 5) is 4.38. The van der Waals surface area contributed by atoms with Crippen LogP contribution in [0.5, 0.6) is 0 Å². The smallest absolute Gasteiger partial charge is 0.149 e. The molecule has 3 N–H and O–H groups in total. The van der Waals surface area contributed by atoms with Crippen molar-refractivity contribution in [3.8, 4) is 0 Å². The highest BCUT2D eigenvalue weighted by Gasteiger charge is 2.45. The lowest BCUT2D eigenvalue weighted by Crippen LogP contribution is -2.29. The highest BCUT2D eigenvalue weighted by atomic mass is 16.3. The second-order valence-electron chi connectivity index (χ2n) is 5.20. The van der Waals surface area contributed by atoms with Crippen molar-refractivity contribution in [1.29, 1.82) is 0 Å². The molecule has 0 bridgehead atoms. The summed E-state index contributed by atoms with van der Waals surface area (Å²) in [5.41, 5.74) is 7.01. The number of nitrogens with two attached hydrogens (primary N) is 1. The maximum Gasteiger partial charge on any atom is 0.149 e. The average molecular weight is 257 g/mol. The van der Waals surface area contributed by atoms with Crippen molar-refractivity contribution in [2.24, 2.45) is 5.73 Å². The van der Waals surface area contributed by atoms with Crippen LogP contribution < -0.4 is 5.73 Å². The number of hydrogen-bond donors (Lipinski definition) is 2. The Hall–Kier alpha value is -1.65. The first-order valence-corrected chi connectivity index (χ1v) is 6.76. The van der Waals surface area contributed by atoms with Crippen LogP contribution in [0.3, 0.4) is 0 Å². The zero-order valence-corrected chi connectivity index (χ0v) is 11.1. The van der Waals surface area contributed by atoms with E-state index in [1.165, 1.54) is 0 Å². The standard InChI is InChI=1S/C15H19N3O/c1-2-8-18-9-7-17-14(18)15(19)10-13(16)11-5-3-4-6-12(11)15/h3-7,9,13,19H,2,8,10,16H2,1H3. The first-order chi connectivity index (χ1) is 9.16. The van der Waals surface area contributed by atoms with E-state index >= 15 is 0 Å². The van der Waals surface area contributed by atoms with E-state index in [2.05, 4.69) is 11.9 Å². The number of nitrogens with zero attached hydrogens (tertiary/aromatic N) is 2. The molecule has 0 radical (unpaired) electrons. The quantitative estimate of drug-likeness (QED) is 0.883. The fourth-order valence-electron chi connectivity index (χ4n) is 3.04. The molecule has 2 unspecified atom stereocenters. The van der Waals surface area contributed by atoms with Crippen LogP contribution in [0.2, 0.25) is 0 Å². The van der Waals surface area contributed by atoms with E-state index < -0.39 is 5.60 Å². The molecule has 0 saturated heterocycles. The van der Waals surface area contributed by atoms with Gasteiger partial charge in [-0.15, -0.1) is 0 Å². The molecular weight excluding hydrogens is 238 g/mol. The van der Waals surface area contributed by atoms with E-state index in [-0.39, 0.29) is 6.04 Å². The lowest BCUT2D eigenvalue weighted by atomic mass is 9.95. The maximum atomic E-state index is 11.1. The molecular formula is C15H19N3O. The Morgan fingerprint density at radius 3 is 3.05 bits per heavy atom. The molecule has 1 heterocycles. The zero-order chi connectivity index (χ0) is 13.5. The summed E-state index contributed by atoms with van der Waals surface area (Å²) in [6, 6.07) is 7.71. The second-order valence-corrected chi connectivity index (χ2v) is 5.20. The molecule has 19 heavy (non-hydrogen) atoms.